The number of nitrogens with one attached hydrogen (secondary N) is 4. The third-order valence-corrected chi connectivity index (χ3v) is 6.57. The van der Waals surface area contributed by atoms with Crippen LogP contribution in [0.2, 0.25) is 0 Å². The minimum absolute atomic E-state index is 0.0625. The highest BCUT2D eigenvalue weighted by atomic mass is 16.4. The Kier molecular flexibility index (Phi) is 6.21. The molecule has 0 bridgehead atoms. The van der Waals surface area contributed by atoms with E-state index >= 15 is 0 Å². The smallest absolute Gasteiger partial charge is 0.253 e. The largest absolute Gasteiger partial charge is 0.420 e. The first-order valence-electron chi connectivity index (χ1n) is 12.2. The molecule has 188 valence electrons. The van der Waals surface area contributed by atoms with Crippen LogP contribution in [-0.2, 0) is 6.42 Å². The maximum atomic E-state index is 12.1. The SMILES string of the molecule is O=C1NCCc2cc(Nc3ncc(-c4nnc(C5CNC5)o4)c(N[C@H](CO)c4ccccc4)n3)ccc21. The fraction of sp³-hybridized carbons (Fsp3) is 0.269. The topological polar surface area (TPSA) is 150 Å². The second-order valence-corrected chi connectivity index (χ2v) is 9.05. The fourth-order valence-corrected chi connectivity index (χ4v) is 4.40. The van der Waals surface area contributed by atoms with Gasteiger partial charge in [0.25, 0.3) is 11.8 Å². The number of fused-ring (bicyclic) bond motifs is 1. The molecule has 37 heavy (non-hydrogen) atoms. The lowest BCUT2D eigenvalue weighted by atomic mass is 10.00. The molecule has 2 aliphatic rings. The third kappa shape index (κ3) is 4.74. The molecule has 5 N–H and O–H groups in total. The van der Waals surface area contributed by atoms with E-state index in [0.29, 0.717) is 41.2 Å². The van der Waals surface area contributed by atoms with Crippen LogP contribution in [0.3, 0.4) is 0 Å². The number of nitrogens with zero attached hydrogens (tertiary/aromatic N) is 4. The zero-order chi connectivity index (χ0) is 25.2. The number of rotatable bonds is 8. The molecular weight excluding hydrogens is 472 g/mol. The molecule has 6 rings (SSSR count). The lowest BCUT2D eigenvalue weighted by molar-refractivity contribution is 0.0946. The molecule has 1 fully saturated rings. The normalized spacial score (nSPS) is 15.9. The van der Waals surface area contributed by atoms with Crippen molar-refractivity contribution in [2.45, 2.75) is 18.4 Å². The zero-order valence-corrected chi connectivity index (χ0v) is 19.9. The van der Waals surface area contributed by atoms with Crippen molar-refractivity contribution in [3.63, 3.8) is 0 Å². The number of benzene rings is 2. The average molecular weight is 499 g/mol. The first-order chi connectivity index (χ1) is 18.2. The van der Waals surface area contributed by atoms with Crippen LogP contribution >= 0.6 is 0 Å². The van der Waals surface area contributed by atoms with Crippen molar-refractivity contribution in [3.8, 4) is 11.5 Å². The summed E-state index contributed by atoms with van der Waals surface area (Å²) in [4.78, 5) is 21.3. The van der Waals surface area contributed by atoms with Crippen LogP contribution in [0.1, 0.15) is 39.3 Å². The zero-order valence-electron chi connectivity index (χ0n) is 19.9. The Morgan fingerprint density at radius 3 is 2.76 bits per heavy atom. The van der Waals surface area contributed by atoms with Crippen LogP contribution < -0.4 is 21.3 Å². The van der Waals surface area contributed by atoms with Crippen molar-refractivity contribution in [1.82, 2.24) is 30.8 Å². The molecule has 11 heteroatoms. The lowest BCUT2D eigenvalue weighted by Crippen LogP contribution is -2.40. The molecule has 1 saturated heterocycles. The van der Waals surface area contributed by atoms with E-state index in [2.05, 4.69) is 36.4 Å². The number of amides is 1. The lowest BCUT2D eigenvalue weighted by Gasteiger charge is -2.23. The molecule has 11 nitrogen and oxygen atoms in total. The van der Waals surface area contributed by atoms with Gasteiger partial charge in [0.2, 0.25) is 11.8 Å². The molecule has 4 aromatic rings. The van der Waals surface area contributed by atoms with Crippen molar-refractivity contribution >= 4 is 23.4 Å². The summed E-state index contributed by atoms with van der Waals surface area (Å²) >= 11 is 0. The summed E-state index contributed by atoms with van der Waals surface area (Å²) in [6.07, 6.45) is 2.38. The summed E-state index contributed by atoms with van der Waals surface area (Å²) in [6.45, 7) is 2.07. The van der Waals surface area contributed by atoms with Gasteiger partial charge in [0.05, 0.1) is 24.1 Å². The highest BCUT2D eigenvalue weighted by Gasteiger charge is 2.27. The first-order valence-corrected chi connectivity index (χ1v) is 12.2. The maximum absolute atomic E-state index is 12.1. The summed E-state index contributed by atoms with van der Waals surface area (Å²) in [5.74, 6) is 1.80. The van der Waals surface area contributed by atoms with Crippen LogP contribution in [0.4, 0.5) is 17.5 Å². The van der Waals surface area contributed by atoms with Crippen molar-refractivity contribution in [3.05, 3.63) is 77.3 Å². The van der Waals surface area contributed by atoms with Crippen molar-refractivity contribution in [2.24, 2.45) is 0 Å². The molecule has 2 aromatic carbocycles. The van der Waals surface area contributed by atoms with Crippen molar-refractivity contribution in [1.29, 1.82) is 0 Å². The van der Waals surface area contributed by atoms with Crippen LogP contribution in [0.15, 0.2) is 59.1 Å². The van der Waals surface area contributed by atoms with E-state index < -0.39 is 6.04 Å². The number of carbonyl (C=O) groups is 1. The molecule has 0 saturated carbocycles. The standard InChI is InChI=1S/C26H26N8O3/c35-14-21(15-4-2-1-3-5-15)31-22-20(25-34-33-24(37-25)17-11-27-12-17)13-29-26(32-22)30-18-6-7-19-16(10-18)8-9-28-23(19)36/h1-7,10,13,17,21,27,35H,8-9,11-12,14H2,(H,28,36)(H2,29,30,31,32)/t21-/m1/s1. The van der Waals surface area contributed by atoms with Crippen molar-refractivity contribution in [2.75, 3.05) is 36.9 Å². The van der Waals surface area contributed by atoms with E-state index in [-0.39, 0.29) is 18.4 Å². The monoisotopic (exact) mass is 498 g/mol. The van der Waals surface area contributed by atoms with Gasteiger partial charge in [-0.05, 0) is 35.7 Å². The van der Waals surface area contributed by atoms with Gasteiger partial charge < -0.3 is 30.8 Å². The maximum Gasteiger partial charge on any atom is 0.253 e. The van der Waals surface area contributed by atoms with E-state index in [4.69, 9.17) is 9.40 Å². The number of aliphatic hydroxyl groups excluding tert-OH is 1. The van der Waals surface area contributed by atoms with E-state index in [0.717, 1.165) is 36.3 Å². The summed E-state index contributed by atoms with van der Waals surface area (Å²) in [6, 6.07) is 14.8. The van der Waals surface area contributed by atoms with E-state index in [9.17, 15) is 9.90 Å². The number of aromatic nitrogens is 4. The molecule has 1 atom stereocenters. The number of hydrogen-bond acceptors (Lipinski definition) is 10. The van der Waals surface area contributed by atoms with E-state index in [1.807, 2.05) is 42.5 Å². The van der Waals surface area contributed by atoms with Gasteiger partial charge in [-0.3, -0.25) is 4.79 Å². The Bertz CT molecular complexity index is 1420. The molecule has 0 spiro atoms. The molecule has 2 aliphatic heterocycles. The Morgan fingerprint density at radius 1 is 1.11 bits per heavy atom. The minimum atomic E-state index is -0.414. The van der Waals surface area contributed by atoms with Gasteiger partial charge in [-0.25, -0.2) is 4.98 Å². The van der Waals surface area contributed by atoms with Gasteiger partial charge in [0, 0.05) is 37.1 Å². The second kappa shape index (κ2) is 9.96. The van der Waals surface area contributed by atoms with Crippen LogP contribution in [0.25, 0.3) is 11.5 Å². The number of hydrogen-bond donors (Lipinski definition) is 5. The fourth-order valence-electron chi connectivity index (χ4n) is 4.40. The van der Waals surface area contributed by atoms with E-state index in [1.165, 1.54) is 0 Å². The number of aliphatic hydroxyl groups is 1. The van der Waals surface area contributed by atoms with Gasteiger partial charge in [0.1, 0.15) is 5.82 Å². The quantitative estimate of drug-likeness (QED) is 0.245. The van der Waals surface area contributed by atoms with Crippen molar-refractivity contribution < 1.29 is 14.3 Å². The first kappa shape index (κ1) is 23.1. The predicted molar refractivity (Wildman–Crippen MR) is 137 cm³/mol. The molecule has 0 unspecified atom stereocenters. The van der Waals surface area contributed by atoms with Crippen LogP contribution in [0, 0.1) is 0 Å². The number of carbonyl (C=O) groups excluding carboxylic acids is 1. The molecule has 0 radical (unpaired) electrons. The van der Waals surface area contributed by atoms with Gasteiger partial charge in [-0.2, -0.15) is 4.98 Å². The third-order valence-electron chi connectivity index (χ3n) is 6.57. The Morgan fingerprint density at radius 2 is 1.97 bits per heavy atom. The Balaban J connectivity index is 1.33. The minimum Gasteiger partial charge on any atom is -0.420 e. The Hall–Kier alpha value is -4.35. The van der Waals surface area contributed by atoms with Gasteiger partial charge in [-0.15, -0.1) is 10.2 Å². The molecule has 4 heterocycles. The highest BCUT2D eigenvalue weighted by Crippen LogP contribution is 2.31. The highest BCUT2D eigenvalue weighted by molar-refractivity contribution is 5.97. The Labute approximate surface area is 212 Å². The van der Waals surface area contributed by atoms with Gasteiger partial charge in [-0.1, -0.05) is 30.3 Å². The molecule has 0 aliphatic carbocycles. The molecule has 2 aromatic heterocycles. The van der Waals surface area contributed by atoms with Crippen LogP contribution in [0.5, 0.6) is 0 Å². The van der Waals surface area contributed by atoms with E-state index in [1.54, 1.807) is 12.3 Å². The summed E-state index contributed by atoms with van der Waals surface area (Å²) in [5, 5.41) is 31.2. The summed E-state index contributed by atoms with van der Waals surface area (Å²) in [5.41, 5.74) is 3.86. The molecular formula is C26H26N8O3. The average Bonchev–Trinajstić information content (AvgIpc) is 3.36. The van der Waals surface area contributed by atoms with Crippen LogP contribution in [-0.4, -0.2) is 57.4 Å². The summed E-state index contributed by atoms with van der Waals surface area (Å²) < 4.78 is 5.96. The van der Waals surface area contributed by atoms with Gasteiger partial charge >= 0.3 is 0 Å². The number of anilines is 3. The van der Waals surface area contributed by atoms with Gasteiger partial charge in [0.15, 0.2) is 0 Å². The summed E-state index contributed by atoms with van der Waals surface area (Å²) in [7, 11) is 0. The molecule has 1 amide bonds. The second-order valence-electron chi connectivity index (χ2n) is 9.05. The predicted octanol–water partition coefficient (Wildman–Crippen LogP) is 2.39.